The van der Waals surface area contributed by atoms with Gasteiger partial charge in [0.2, 0.25) is 15.9 Å². The summed E-state index contributed by atoms with van der Waals surface area (Å²) in [6.45, 7) is 2.18. The first kappa shape index (κ1) is 20.2. The van der Waals surface area contributed by atoms with E-state index in [1.165, 1.54) is 24.3 Å². The molecule has 0 radical (unpaired) electrons. The summed E-state index contributed by atoms with van der Waals surface area (Å²) in [5.41, 5.74) is -0.0197. The van der Waals surface area contributed by atoms with Crippen molar-refractivity contribution in [3.63, 3.8) is 0 Å². The Balaban J connectivity index is 1.88. The molecule has 0 spiro atoms. The minimum absolute atomic E-state index is 0.0197. The van der Waals surface area contributed by atoms with Gasteiger partial charge >= 0.3 is 0 Å². The van der Waals surface area contributed by atoms with Gasteiger partial charge in [-0.1, -0.05) is 11.6 Å². The van der Waals surface area contributed by atoms with Gasteiger partial charge in [0.1, 0.15) is 11.6 Å². The molecule has 6 nitrogen and oxygen atoms in total. The molecular weight excluding hydrogens is 383 g/mol. The highest BCUT2D eigenvalue weighted by molar-refractivity contribution is 7.89. The molecule has 0 atom stereocenters. The third-order valence-electron chi connectivity index (χ3n) is 3.29. The van der Waals surface area contributed by atoms with Crippen LogP contribution in [0.15, 0.2) is 47.4 Å². The SMILES string of the molecule is CCOc1ccc(S(=O)(=O)NCCC(=O)Nc2ccc(Cl)cc2F)cc1. The van der Waals surface area contributed by atoms with Crippen LogP contribution in [0.1, 0.15) is 13.3 Å². The van der Waals surface area contributed by atoms with E-state index in [0.717, 1.165) is 6.07 Å². The third kappa shape index (κ3) is 5.69. The third-order valence-corrected chi connectivity index (χ3v) is 5.01. The second kappa shape index (κ2) is 8.98. The molecule has 0 fully saturated rings. The van der Waals surface area contributed by atoms with Gasteiger partial charge in [-0.3, -0.25) is 4.79 Å². The molecule has 0 bridgehead atoms. The van der Waals surface area contributed by atoms with Crippen molar-refractivity contribution in [3.05, 3.63) is 53.3 Å². The molecule has 140 valence electrons. The van der Waals surface area contributed by atoms with Gasteiger partial charge in [0, 0.05) is 18.0 Å². The highest BCUT2D eigenvalue weighted by atomic mass is 35.5. The molecule has 2 aromatic rings. The highest BCUT2D eigenvalue weighted by Gasteiger charge is 2.15. The summed E-state index contributed by atoms with van der Waals surface area (Å²) in [5.74, 6) is -0.628. The number of sulfonamides is 1. The number of ether oxygens (including phenoxy) is 1. The van der Waals surface area contributed by atoms with Crippen molar-refractivity contribution in [1.82, 2.24) is 4.72 Å². The molecule has 26 heavy (non-hydrogen) atoms. The Morgan fingerprint density at radius 2 is 1.88 bits per heavy atom. The molecule has 0 aromatic heterocycles. The maximum absolute atomic E-state index is 13.6. The monoisotopic (exact) mass is 400 g/mol. The minimum Gasteiger partial charge on any atom is -0.494 e. The fourth-order valence-electron chi connectivity index (χ4n) is 2.07. The molecule has 2 rings (SSSR count). The van der Waals surface area contributed by atoms with Gasteiger partial charge in [-0.15, -0.1) is 0 Å². The lowest BCUT2D eigenvalue weighted by atomic mass is 10.3. The summed E-state index contributed by atoms with van der Waals surface area (Å²) in [4.78, 5) is 11.9. The summed E-state index contributed by atoms with van der Waals surface area (Å²) in [7, 11) is -3.75. The molecular formula is C17H18ClFN2O4S. The van der Waals surface area contributed by atoms with Crippen molar-refractivity contribution in [1.29, 1.82) is 0 Å². The van der Waals surface area contributed by atoms with Crippen molar-refractivity contribution >= 4 is 33.2 Å². The van der Waals surface area contributed by atoms with Gasteiger partial charge in [-0.05, 0) is 49.4 Å². The van der Waals surface area contributed by atoms with Crippen molar-refractivity contribution in [2.45, 2.75) is 18.2 Å². The quantitative estimate of drug-likeness (QED) is 0.712. The maximum Gasteiger partial charge on any atom is 0.240 e. The zero-order valence-corrected chi connectivity index (χ0v) is 15.5. The Bertz CT molecular complexity index is 873. The number of hydrogen-bond acceptors (Lipinski definition) is 4. The Hall–Kier alpha value is -2.16. The van der Waals surface area contributed by atoms with Crippen LogP contribution in [0.25, 0.3) is 0 Å². The first-order valence-electron chi connectivity index (χ1n) is 7.79. The number of carbonyl (C=O) groups excluding carboxylic acids is 1. The van der Waals surface area contributed by atoms with Gasteiger partial charge in [0.25, 0.3) is 0 Å². The highest BCUT2D eigenvalue weighted by Crippen LogP contribution is 2.19. The molecule has 0 aliphatic carbocycles. The van der Waals surface area contributed by atoms with Crippen molar-refractivity contribution in [2.75, 3.05) is 18.5 Å². The first-order valence-corrected chi connectivity index (χ1v) is 9.65. The smallest absolute Gasteiger partial charge is 0.240 e. The first-order chi connectivity index (χ1) is 12.3. The topological polar surface area (TPSA) is 84.5 Å². The van der Waals surface area contributed by atoms with E-state index in [2.05, 4.69) is 10.0 Å². The van der Waals surface area contributed by atoms with Gasteiger partial charge < -0.3 is 10.1 Å². The van der Waals surface area contributed by atoms with Gasteiger partial charge in [0.15, 0.2) is 0 Å². The van der Waals surface area contributed by atoms with E-state index in [1.54, 1.807) is 12.1 Å². The molecule has 0 aliphatic heterocycles. The lowest BCUT2D eigenvalue weighted by Crippen LogP contribution is -2.28. The number of anilines is 1. The molecule has 2 aromatic carbocycles. The van der Waals surface area contributed by atoms with E-state index in [1.807, 2.05) is 6.92 Å². The predicted molar refractivity (Wildman–Crippen MR) is 97.5 cm³/mol. The van der Waals surface area contributed by atoms with E-state index in [4.69, 9.17) is 16.3 Å². The maximum atomic E-state index is 13.6. The molecule has 0 saturated carbocycles. The number of nitrogens with one attached hydrogen (secondary N) is 2. The molecule has 0 unspecified atom stereocenters. The van der Waals surface area contributed by atoms with Gasteiger partial charge in [-0.2, -0.15) is 0 Å². The number of hydrogen-bond donors (Lipinski definition) is 2. The van der Waals surface area contributed by atoms with Crippen LogP contribution in [-0.4, -0.2) is 27.5 Å². The van der Waals surface area contributed by atoms with E-state index in [9.17, 15) is 17.6 Å². The number of carbonyl (C=O) groups is 1. The lowest BCUT2D eigenvalue weighted by Gasteiger charge is -2.09. The lowest BCUT2D eigenvalue weighted by molar-refractivity contribution is -0.116. The van der Waals surface area contributed by atoms with Crippen molar-refractivity contribution in [2.24, 2.45) is 0 Å². The Morgan fingerprint density at radius 3 is 2.50 bits per heavy atom. The zero-order chi connectivity index (χ0) is 19.2. The van der Waals surface area contributed by atoms with Crippen molar-refractivity contribution in [3.8, 4) is 5.75 Å². The zero-order valence-electron chi connectivity index (χ0n) is 14.0. The van der Waals surface area contributed by atoms with Gasteiger partial charge in [-0.25, -0.2) is 17.5 Å². The number of benzene rings is 2. The Labute approximate surface area is 156 Å². The van der Waals surface area contributed by atoms with Crippen LogP contribution < -0.4 is 14.8 Å². The fraction of sp³-hybridized carbons (Fsp3) is 0.235. The van der Waals surface area contributed by atoms with Crippen LogP contribution in [0.4, 0.5) is 10.1 Å². The normalized spacial score (nSPS) is 11.2. The summed E-state index contributed by atoms with van der Waals surface area (Å²) in [5, 5.41) is 2.57. The molecule has 0 aliphatic rings. The number of amides is 1. The minimum atomic E-state index is -3.75. The molecule has 1 amide bonds. The van der Waals surface area contributed by atoms with Crippen molar-refractivity contribution < 1.29 is 22.3 Å². The Kier molecular flexibility index (Phi) is 6.96. The standard InChI is InChI=1S/C17H18ClFN2O4S/c1-2-25-13-4-6-14(7-5-13)26(23,24)20-10-9-17(22)21-16-8-3-12(18)11-15(16)19/h3-8,11,20H,2,9-10H2,1H3,(H,21,22). The second-order valence-corrected chi connectivity index (χ2v) is 7.43. The van der Waals surface area contributed by atoms with Crippen LogP contribution >= 0.6 is 11.6 Å². The average molecular weight is 401 g/mol. The van der Waals surface area contributed by atoms with Crippen LogP contribution in [0.5, 0.6) is 5.75 Å². The van der Waals surface area contributed by atoms with Crippen LogP contribution in [0.3, 0.4) is 0 Å². The molecule has 0 heterocycles. The molecule has 9 heteroatoms. The van der Waals surface area contributed by atoms with Crippen LogP contribution in [-0.2, 0) is 14.8 Å². The van der Waals surface area contributed by atoms with Crippen LogP contribution in [0.2, 0.25) is 5.02 Å². The summed E-state index contributed by atoms with van der Waals surface area (Å²) in [6.07, 6.45) is -0.154. The van der Waals surface area contributed by atoms with Gasteiger partial charge in [0.05, 0.1) is 17.2 Å². The molecule has 2 N–H and O–H groups in total. The second-order valence-electron chi connectivity index (χ2n) is 5.22. The predicted octanol–water partition coefficient (Wildman–Crippen LogP) is 3.18. The largest absolute Gasteiger partial charge is 0.494 e. The summed E-state index contributed by atoms with van der Waals surface area (Å²) >= 11 is 5.64. The van der Waals surface area contributed by atoms with E-state index < -0.39 is 21.7 Å². The Morgan fingerprint density at radius 1 is 1.19 bits per heavy atom. The summed E-state index contributed by atoms with van der Waals surface area (Å²) in [6, 6.07) is 9.77. The number of halogens is 2. The fourth-order valence-corrected chi connectivity index (χ4v) is 3.26. The van der Waals surface area contributed by atoms with E-state index >= 15 is 0 Å². The number of rotatable bonds is 8. The van der Waals surface area contributed by atoms with E-state index in [-0.39, 0.29) is 28.6 Å². The average Bonchev–Trinajstić information content (AvgIpc) is 2.58. The summed E-state index contributed by atoms with van der Waals surface area (Å²) < 4.78 is 45.5. The van der Waals surface area contributed by atoms with E-state index in [0.29, 0.717) is 12.4 Å². The molecule has 0 saturated heterocycles. The van der Waals surface area contributed by atoms with Crippen LogP contribution in [0, 0.1) is 5.82 Å².